The number of nitrogens with one attached hydrogen (secondary N) is 1. The number of amides is 2. The van der Waals surface area contributed by atoms with Gasteiger partial charge >= 0.3 is 0 Å². The van der Waals surface area contributed by atoms with Gasteiger partial charge in [-0.05, 0) is 25.1 Å². The number of aromatic nitrogens is 1. The van der Waals surface area contributed by atoms with Gasteiger partial charge in [0.15, 0.2) is 5.82 Å². The summed E-state index contributed by atoms with van der Waals surface area (Å²) in [6.07, 6.45) is 3.29. The van der Waals surface area contributed by atoms with Crippen molar-refractivity contribution in [2.45, 2.75) is 18.6 Å². The Balaban J connectivity index is 1.43. The Kier molecular flexibility index (Phi) is 3.84. The van der Waals surface area contributed by atoms with Gasteiger partial charge in [0.1, 0.15) is 11.4 Å². The molecule has 9 heteroatoms. The molecule has 2 amide bonds. The standard InChI is InChI=1S/C19H15Cl2N3O4/c1-9-6-14(23-28-9)24-8-19-5-4-13(27-19)15(16(19)18(24)26)17(25)22-10-2-3-11(20)12(21)7-10/h2-7,13,15-16H,8H2,1H3,(H,22,25)/t13-,15+,16-,19-/m1/s1. The van der Waals surface area contributed by atoms with Crippen LogP contribution in [-0.2, 0) is 14.3 Å². The van der Waals surface area contributed by atoms with Crippen LogP contribution in [0.15, 0.2) is 40.9 Å². The SMILES string of the molecule is Cc1cc(N2C[C@@]34C=C[C@@H](O3)[C@H](C(=O)Nc3ccc(Cl)c(Cl)c3)[C@@H]4C2=O)no1. The van der Waals surface area contributed by atoms with Crippen molar-refractivity contribution >= 4 is 46.5 Å². The number of ether oxygens (including phenoxy) is 1. The molecule has 4 heterocycles. The molecule has 4 atom stereocenters. The van der Waals surface area contributed by atoms with Crippen molar-refractivity contribution < 1.29 is 18.8 Å². The van der Waals surface area contributed by atoms with Crippen LogP contribution in [0.4, 0.5) is 11.5 Å². The summed E-state index contributed by atoms with van der Waals surface area (Å²) in [6, 6.07) is 6.53. The summed E-state index contributed by atoms with van der Waals surface area (Å²) in [5, 5.41) is 7.49. The number of aryl methyl sites for hydroxylation is 1. The monoisotopic (exact) mass is 419 g/mol. The normalized spacial score (nSPS) is 30.2. The molecule has 0 saturated carbocycles. The molecule has 2 saturated heterocycles. The lowest BCUT2D eigenvalue weighted by Crippen LogP contribution is -2.41. The summed E-state index contributed by atoms with van der Waals surface area (Å²) in [6.45, 7) is 2.05. The largest absolute Gasteiger partial charge is 0.360 e. The second-order valence-electron chi connectivity index (χ2n) is 7.24. The van der Waals surface area contributed by atoms with Crippen molar-refractivity contribution in [3.8, 4) is 0 Å². The minimum absolute atomic E-state index is 0.200. The quantitative estimate of drug-likeness (QED) is 0.771. The molecule has 1 spiro atoms. The van der Waals surface area contributed by atoms with Gasteiger partial charge in [-0.25, -0.2) is 0 Å². The van der Waals surface area contributed by atoms with E-state index in [-0.39, 0.29) is 11.8 Å². The molecule has 3 aliphatic rings. The molecular weight excluding hydrogens is 405 g/mol. The number of halogens is 2. The van der Waals surface area contributed by atoms with Crippen molar-refractivity contribution in [2.75, 3.05) is 16.8 Å². The van der Waals surface area contributed by atoms with Crippen LogP contribution in [0.25, 0.3) is 0 Å². The molecule has 3 aliphatic heterocycles. The summed E-state index contributed by atoms with van der Waals surface area (Å²) in [7, 11) is 0. The first-order valence-electron chi connectivity index (χ1n) is 8.76. The van der Waals surface area contributed by atoms with Crippen LogP contribution in [0.1, 0.15) is 5.76 Å². The Labute approximate surface area is 170 Å². The second kappa shape index (κ2) is 6.07. The van der Waals surface area contributed by atoms with E-state index >= 15 is 0 Å². The molecule has 5 rings (SSSR count). The van der Waals surface area contributed by atoms with Crippen molar-refractivity contribution in [3.63, 3.8) is 0 Å². The first-order chi connectivity index (χ1) is 13.4. The van der Waals surface area contributed by atoms with E-state index in [1.165, 1.54) is 4.90 Å². The van der Waals surface area contributed by atoms with Gasteiger partial charge in [0.05, 0.1) is 34.5 Å². The fraction of sp³-hybridized carbons (Fsp3) is 0.316. The average Bonchev–Trinajstić information content (AvgIpc) is 3.39. The lowest BCUT2D eigenvalue weighted by atomic mass is 9.77. The van der Waals surface area contributed by atoms with E-state index in [9.17, 15) is 9.59 Å². The summed E-state index contributed by atoms with van der Waals surface area (Å²) in [4.78, 5) is 27.7. The molecule has 2 aromatic rings. The zero-order valence-corrected chi connectivity index (χ0v) is 16.2. The Morgan fingerprint density at radius 1 is 1.32 bits per heavy atom. The van der Waals surface area contributed by atoms with Gasteiger partial charge in [0, 0.05) is 11.8 Å². The van der Waals surface area contributed by atoms with Crippen LogP contribution in [0.2, 0.25) is 10.0 Å². The summed E-state index contributed by atoms with van der Waals surface area (Å²) >= 11 is 11.9. The molecule has 28 heavy (non-hydrogen) atoms. The van der Waals surface area contributed by atoms with Gasteiger partial charge in [-0.1, -0.05) is 40.5 Å². The van der Waals surface area contributed by atoms with Gasteiger partial charge in [-0.3, -0.25) is 14.5 Å². The van der Waals surface area contributed by atoms with Crippen molar-refractivity contribution in [2.24, 2.45) is 11.8 Å². The van der Waals surface area contributed by atoms with Crippen molar-refractivity contribution in [1.29, 1.82) is 0 Å². The van der Waals surface area contributed by atoms with E-state index in [0.29, 0.717) is 33.9 Å². The molecule has 0 unspecified atom stereocenters. The highest BCUT2D eigenvalue weighted by molar-refractivity contribution is 6.42. The molecule has 144 valence electrons. The number of rotatable bonds is 3. The third-order valence-electron chi connectivity index (χ3n) is 5.48. The second-order valence-corrected chi connectivity index (χ2v) is 8.05. The van der Waals surface area contributed by atoms with Crippen LogP contribution in [0.3, 0.4) is 0 Å². The summed E-state index contributed by atoms with van der Waals surface area (Å²) < 4.78 is 11.2. The van der Waals surface area contributed by atoms with E-state index in [4.69, 9.17) is 32.5 Å². The van der Waals surface area contributed by atoms with E-state index in [1.807, 2.05) is 12.2 Å². The molecule has 7 nitrogen and oxygen atoms in total. The molecule has 1 N–H and O–H groups in total. The molecule has 1 aromatic carbocycles. The molecule has 1 aromatic heterocycles. The van der Waals surface area contributed by atoms with Gasteiger partial charge in [-0.15, -0.1) is 0 Å². The first kappa shape index (κ1) is 17.7. The van der Waals surface area contributed by atoms with Gasteiger partial charge in [-0.2, -0.15) is 0 Å². The molecular formula is C19H15Cl2N3O4. The predicted octanol–water partition coefficient (Wildman–Crippen LogP) is 3.21. The number of benzene rings is 1. The lowest BCUT2D eigenvalue weighted by molar-refractivity contribution is -0.128. The number of hydrogen-bond donors (Lipinski definition) is 1. The molecule has 2 bridgehead atoms. The fourth-order valence-electron chi connectivity index (χ4n) is 4.27. The van der Waals surface area contributed by atoms with E-state index in [1.54, 1.807) is 31.2 Å². The third kappa shape index (κ3) is 2.50. The zero-order chi connectivity index (χ0) is 19.6. The topological polar surface area (TPSA) is 84.7 Å². The Bertz CT molecular complexity index is 1040. The Hall–Kier alpha value is -2.35. The lowest BCUT2D eigenvalue weighted by Gasteiger charge is -2.23. The number of fused-ring (bicyclic) bond motifs is 1. The maximum absolute atomic E-state index is 13.2. The highest BCUT2D eigenvalue weighted by Gasteiger charge is 2.67. The number of hydrogen-bond acceptors (Lipinski definition) is 5. The smallest absolute Gasteiger partial charge is 0.235 e. The van der Waals surface area contributed by atoms with Gasteiger partial charge in [0.2, 0.25) is 11.8 Å². The number of carbonyl (C=O) groups is 2. The number of anilines is 2. The third-order valence-corrected chi connectivity index (χ3v) is 6.22. The van der Waals surface area contributed by atoms with Crippen LogP contribution in [-0.4, -0.2) is 35.2 Å². The van der Waals surface area contributed by atoms with Crippen molar-refractivity contribution in [1.82, 2.24) is 5.16 Å². The molecule has 0 aliphatic carbocycles. The van der Waals surface area contributed by atoms with Gasteiger partial charge < -0.3 is 14.6 Å². The Morgan fingerprint density at radius 3 is 2.86 bits per heavy atom. The Morgan fingerprint density at radius 2 is 2.14 bits per heavy atom. The summed E-state index contributed by atoms with van der Waals surface area (Å²) in [5.74, 6) is -0.741. The zero-order valence-electron chi connectivity index (χ0n) is 14.7. The summed E-state index contributed by atoms with van der Waals surface area (Å²) in [5.41, 5.74) is -0.316. The van der Waals surface area contributed by atoms with Gasteiger partial charge in [0.25, 0.3) is 0 Å². The minimum Gasteiger partial charge on any atom is -0.360 e. The number of carbonyl (C=O) groups excluding carboxylic acids is 2. The number of nitrogens with zero attached hydrogens (tertiary/aromatic N) is 2. The first-order valence-corrected chi connectivity index (χ1v) is 9.51. The molecule has 2 fully saturated rings. The van der Waals surface area contributed by atoms with E-state index in [0.717, 1.165) is 0 Å². The highest BCUT2D eigenvalue weighted by atomic mass is 35.5. The predicted molar refractivity (Wildman–Crippen MR) is 102 cm³/mol. The van der Waals surface area contributed by atoms with Crippen LogP contribution in [0.5, 0.6) is 0 Å². The van der Waals surface area contributed by atoms with E-state index < -0.39 is 23.5 Å². The van der Waals surface area contributed by atoms with Crippen molar-refractivity contribution in [3.05, 3.63) is 52.2 Å². The average molecular weight is 420 g/mol. The maximum atomic E-state index is 13.2. The van der Waals surface area contributed by atoms with Crippen LogP contribution < -0.4 is 10.2 Å². The fourth-order valence-corrected chi connectivity index (χ4v) is 4.57. The minimum atomic E-state index is -0.825. The maximum Gasteiger partial charge on any atom is 0.235 e. The van der Waals surface area contributed by atoms with Crippen LogP contribution in [0, 0.1) is 18.8 Å². The van der Waals surface area contributed by atoms with Crippen LogP contribution >= 0.6 is 23.2 Å². The van der Waals surface area contributed by atoms with E-state index in [2.05, 4.69) is 10.5 Å². The highest BCUT2D eigenvalue weighted by Crippen LogP contribution is 2.52. The molecule has 0 radical (unpaired) electrons.